The fourth-order valence-electron chi connectivity index (χ4n) is 1.60. The fourth-order valence-corrected chi connectivity index (χ4v) is 1.60. The van der Waals surface area contributed by atoms with Crippen molar-refractivity contribution < 1.29 is 4.79 Å². The van der Waals surface area contributed by atoms with E-state index in [0.717, 1.165) is 17.5 Å². The summed E-state index contributed by atoms with van der Waals surface area (Å²) in [5, 5.41) is 2.90. The van der Waals surface area contributed by atoms with Gasteiger partial charge in [0.1, 0.15) is 0 Å². The van der Waals surface area contributed by atoms with Crippen molar-refractivity contribution in [2.75, 3.05) is 0 Å². The SMILES string of the molecule is CC.CC.CC1Cc2ccccc2C(=O)N1. The van der Waals surface area contributed by atoms with E-state index < -0.39 is 0 Å². The lowest BCUT2D eigenvalue weighted by Crippen LogP contribution is -2.39. The van der Waals surface area contributed by atoms with Crippen molar-refractivity contribution in [2.45, 2.75) is 47.1 Å². The van der Waals surface area contributed by atoms with Crippen molar-refractivity contribution in [1.29, 1.82) is 0 Å². The molecule has 0 spiro atoms. The number of carbonyl (C=O) groups is 1. The molecule has 2 nitrogen and oxygen atoms in total. The van der Waals surface area contributed by atoms with Gasteiger partial charge in [-0.25, -0.2) is 0 Å². The summed E-state index contributed by atoms with van der Waals surface area (Å²) in [6, 6.07) is 8.03. The molecule has 1 aliphatic rings. The van der Waals surface area contributed by atoms with E-state index in [0.29, 0.717) is 0 Å². The van der Waals surface area contributed by atoms with Gasteiger partial charge in [0, 0.05) is 11.6 Å². The second kappa shape index (κ2) is 7.91. The monoisotopic (exact) mass is 221 g/mol. The fraction of sp³-hybridized carbons (Fsp3) is 0.500. The van der Waals surface area contributed by atoms with Crippen LogP contribution in [0.4, 0.5) is 0 Å². The second-order valence-corrected chi connectivity index (χ2v) is 3.24. The lowest BCUT2D eigenvalue weighted by Gasteiger charge is -2.21. The molecule has 2 heteroatoms. The van der Waals surface area contributed by atoms with Crippen molar-refractivity contribution in [3.05, 3.63) is 35.4 Å². The normalized spacial score (nSPS) is 16.8. The molecule has 2 rings (SSSR count). The molecular weight excluding hydrogens is 198 g/mol. The Bertz CT molecular complexity index is 320. The lowest BCUT2D eigenvalue weighted by atomic mass is 9.96. The maximum absolute atomic E-state index is 11.4. The maximum Gasteiger partial charge on any atom is 0.251 e. The minimum Gasteiger partial charge on any atom is -0.349 e. The van der Waals surface area contributed by atoms with Gasteiger partial charge in [-0.2, -0.15) is 0 Å². The van der Waals surface area contributed by atoms with Gasteiger partial charge in [0.05, 0.1) is 0 Å². The highest BCUT2D eigenvalue weighted by Gasteiger charge is 2.19. The second-order valence-electron chi connectivity index (χ2n) is 3.24. The minimum absolute atomic E-state index is 0.0596. The Morgan fingerprint density at radius 2 is 1.69 bits per heavy atom. The van der Waals surface area contributed by atoms with Crippen LogP contribution in [0, 0.1) is 0 Å². The number of carbonyl (C=O) groups excluding carboxylic acids is 1. The maximum atomic E-state index is 11.4. The molecule has 1 amide bonds. The van der Waals surface area contributed by atoms with Gasteiger partial charge in [-0.15, -0.1) is 0 Å². The van der Waals surface area contributed by atoms with Crippen molar-refractivity contribution in [3.63, 3.8) is 0 Å². The van der Waals surface area contributed by atoms with E-state index >= 15 is 0 Å². The van der Waals surface area contributed by atoms with Gasteiger partial charge in [0.15, 0.2) is 0 Å². The molecule has 1 heterocycles. The predicted molar refractivity (Wildman–Crippen MR) is 69.8 cm³/mol. The predicted octanol–water partition coefficient (Wildman–Crippen LogP) is 3.41. The summed E-state index contributed by atoms with van der Waals surface area (Å²) in [5.41, 5.74) is 1.99. The summed E-state index contributed by atoms with van der Waals surface area (Å²) < 4.78 is 0. The molecule has 0 saturated carbocycles. The zero-order valence-corrected chi connectivity index (χ0v) is 11.0. The van der Waals surface area contributed by atoms with Crippen molar-refractivity contribution in [3.8, 4) is 0 Å². The summed E-state index contributed by atoms with van der Waals surface area (Å²) in [6.07, 6.45) is 0.946. The molecule has 0 aliphatic carbocycles. The quantitative estimate of drug-likeness (QED) is 0.714. The van der Waals surface area contributed by atoms with Crippen LogP contribution in [-0.2, 0) is 6.42 Å². The number of hydrogen-bond donors (Lipinski definition) is 1. The van der Waals surface area contributed by atoms with Crippen molar-refractivity contribution in [2.24, 2.45) is 0 Å². The van der Waals surface area contributed by atoms with E-state index in [-0.39, 0.29) is 11.9 Å². The van der Waals surface area contributed by atoms with Crippen LogP contribution in [0.3, 0.4) is 0 Å². The number of hydrogen-bond acceptors (Lipinski definition) is 1. The highest BCUT2D eigenvalue weighted by molar-refractivity contribution is 5.96. The third-order valence-corrected chi connectivity index (χ3v) is 2.17. The molecule has 1 aromatic rings. The van der Waals surface area contributed by atoms with Crippen LogP contribution in [0.25, 0.3) is 0 Å². The van der Waals surface area contributed by atoms with Crippen LogP contribution in [0.15, 0.2) is 24.3 Å². The molecule has 1 aromatic carbocycles. The van der Waals surface area contributed by atoms with E-state index in [1.807, 2.05) is 58.9 Å². The van der Waals surface area contributed by atoms with Gasteiger partial charge < -0.3 is 5.32 Å². The third-order valence-electron chi connectivity index (χ3n) is 2.17. The summed E-state index contributed by atoms with van der Waals surface area (Å²) in [4.78, 5) is 11.4. The molecule has 1 N–H and O–H groups in total. The Morgan fingerprint density at radius 1 is 1.12 bits per heavy atom. The molecule has 0 saturated heterocycles. The Labute approximate surface area is 99.1 Å². The molecule has 1 aliphatic heterocycles. The molecule has 0 bridgehead atoms. The Morgan fingerprint density at radius 3 is 2.31 bits per heavy atom. The first-order chi connectivity index (χ1) is 7.77. The van der Waals surface area contributed by atoms with Crippen LogP contribution in [0.1, 0.15) is 50.5 Å². The molecule has 0 radical (unpaired) electrons. The van der Waals surface area contributed by atoms with Gasteiger partial charge >= 0.3 is 0 Å². The van der Waals surface area contributed by atoms with Gasteiger partial charge in [-0.1, -0.05) is 45.9 Å². The van der Waals surface area contributed by atoms with E-state index in [1.54, 1.807) is 0 Å². The average Bonchev–Trinajstić information content (AvgIpc) is 2.34. The molecule has 90 valence electrons. The zero-order chi connectivity index (χ0) is 12.6. The number of nitrogens with one attached hydrogen (secondary N) is 1. The van der Waals surface area contributed by atoms with Crippen LogP contribution < -0.4 is 5.32 Å². The highest BCUT2D eigenvalue weighted by Crippen LogP contribution is 2.15. The van der Waals surface area contributed by atoms with E-state index in [9.17, 15) is 4.79 Å². The third kappa shape index (κ3) is 3.69. The lowest BCUT2D eigenvalue weighted by molar-refractivity contribution is 0.0929. The zero-order valence-electron chi connectivity index (χ0n) is 11.0. The topological polar surface area (TPSA) is 29.1 Å². The standard InChI is InChI=1S/C10H11NO.2C2H6/c1-7-6-8-4-2-3-5-9(8)10(12)11-7;2*1-2/h2-5,7H,6H2,1H3,(H,11,12);2*1-2H3. The number of benzene rings is 1. The molecule has 1 atom stereocenters. The van der Waals surface area contributed by atoms with Crippen molar-refractivity contribution >= 4 is 5.91 Å². The summed E-state index contributed by atoms with van der Waals surface area (Å²) in [5.74, 6) is 0.0596. The average molecular weight is 221 g/mol. The van der Waals surface area contributed by atoms with Crippen LogP contribution in [-0.4, -0.2) is 11.9 Å². The number of fused-ring (bicyclic) bond motifs is 1. The largest absolute Gasteiger partial charge is 0.349 e. The van der Waals surface area contributed by atoms with Gasteiger partial charge in [-0.3, -0.25) is 4.79 Å². The first-order valence-electron chi connectivity index (χ1n) is 6.16. The Hall–Kier alpha value is -1.31. The summed E-state index contributed by atoms with van der Waals surface area (Å²) in [6.45, 7) is 10.0. The molecule has 1 unspecified atom stereocenters. The smallest absolute Gasteiger partial charge is 0.251 e. The first kappa shape index (κ1) is 14.7. The van der Waals surface area contributed by atoms with Crippen LogP contribution in [0.2, 0.25) is 0 Å². The highest BCUT2D eigenvalue weighted by atomic mass is 16.1. The van der Waals surface area contributed by atoms with E-state index in [1.165, 1.54) is 0 Å². The summed E-state index contributed by atoms with van der Waals surface area (Å²) in [7, 11) is 0. The molecule has 0 fully saturated rings. The Kier molecular flexibility index (Phi) is 7.27. The molecule has 16 heavy (non-hydrogen) atoms. The van der Waals surface area contributed by atoms with Crippen LogP contribution >= 0.6 is 0 Å². The van der Waals surface area contributed by atoms with Crippen molar-refractivity contribution in [1.82, 2.24) is 5.32 Å². The van der Waals surface area contributed by atoms with Gasteiger partial charge in [0.2, 0.25) is 0 Å². The molecular formula is C14H23NO. The minimum atomic E-state index is 0.0596. The first-order valence-corrected chi connectivity index (χ1v) is 6.16. The van der Waals surface area contributed by atoms with Gasteiger partial charge in [-0.05, 0) is 25.0 Å². The number of rotatable bonds is 0. The molecule has 0 aromatic heterocycles. The van der Waals surface area contributed by atoms with E-state index in [2.05, 4.69) is 5.32 Å². The van der Waals surface area contributed by atoms with Gasteiger partial charge in [0.25, 0.3) is 5.91 Å². The van der Waals surface area contributed by atoms with E-state index in [4.69, 9.17) is 0 Å². The van der Waals surface area contributed by atoms with Crippen LogP contribution in [0.5, 0.6) is 0 Å². The number of amides is 1. The Balaban J connectivity index is 0.000000509. The summed E-state index contributed by atoms with van der Waals surface area (Å²) >= 11 is 0.